The van der Waals surface area contributed by atoms with Crippen molar-refractivity contribution in [1.29, 1.82) is 0 Å². The third-order valence-corrected chi connectivity index (χ3v) is 5.24. The summed E-state index contributed by atoms with van der Waals surface area (Å²) in [5.41, 5.74) is 1.12. The van der Waals surface area contributed by atoms with Crippen molar-refractivity contribution < 1.29 is 9.59 Å². The van der Waals surface area contributed by atoms with Gasteiger partial charge in [-0.1, -0.05) is 19.1 Å². The molecular formula is C20H23N5O3. The lowest BCUT2D eigenvalue weighted by Crippen LogP contribution is -2.45. The molecule has 1 atom stereocenters. The van der Waals surface area contributed by atoms with Crippen LogP contribution in [-0.4, -0.2) is 50.9 Å². The number of nitrogens with zero attached hydrogens (tertiary/aromatic N) is 3. The molecule has 1 aliphatic heterocycles. The molecule has 2 amide bonds. The van der Waals surface area contributed by atoms with Crippen molar-refractivity contribution in [2.75, 3.05) is 19.6 Å². The molecular weight excluding hydrogens is 358 g/mol. The number of aromatic amines is 1. The van der Waals surface area contributed by atoms with E-state index in [0.717, 1.165) is 19.3 Å². The molecule has 2 aromatic heterocycles. The van der Waals surface area contributed by atoms with Crippen LogP contribution in [0.5, 0.6) is 0 Å². The first-order valence-electron chi connectivity index (χ1n) is 9.66. The van der Waals surface area contributed by atoms with Crippen LogP contribution in [0.3, 0.4) is 0 Å². The number of fused-ring (bicyclic) bond motifs is 3. The number of aromatic nitrogens is 3. The van der Waals surface area contributed by atoms with Gasteiger partial charge in [-0.25, -0.2) is 4.52 Å². The molecule has 1 fully saturated rings. The average Bonchev–Trinajstić information content (AvgIpc) is 3.15. The smallest absolute Gasteiger partial charge is 0.259 e. The number of piperidine rings is 1. The van der Waals surface area contributed by atoms with Crippen molar-refractivity contribution in [3.05, 3.63) is 46.4 Å². The molecule has 1 unspecified atom stereocenters. The molecule has 3 heterocycles. The highest BCUT2D eigenvalue weighted by Crippen LogP contribution is 2.21. The Bertz CT molecular complexity index is 1100. The molecule has 1 aliphatic rings. The monoisotopic (exact) mass is 381 g/mol. The van der Waals surface area contributed by atoms with Crippen LogP contribution >= 0.6 is 0 Å². The van der Waals surface area contributed by atoms with Crippen LogP contribution in [0.15, 0.2) is 35.3 Å². The summed E-state index contributed by atoms with van der Waals surface area (Å²) < 4.78 is 1.58. The van der Waals surface area contributed by atoms with Crippen molar-refractivity contribution in [2.24, 2.45) is 5.92 Å². The van der Waals surface area contributed by atoms with Gasteiger partial charge in [0.15, 0.2) is 0 Å². The van der Waals surface area contributed by atoms with E-state index < -0.39 is 0 Å². The summed E-state index contributed by atoms with van der Waals surface area (Å²) in [4.78, 5) is 42.3. The Kier molecular flexibility index (Phi) is 4.85. The maximum Gasteiger partial charge on any atom is 0.259 e. The summed E-state index contributed by atoms with van der Waals surface area (Å²) >= 11 is 0. The highest BCUT2D eigenvalue weighted by Gasteiger charge is 2.30. The van der Waals surface area contributed by atoms with Crippen molar-refractivity contribution >= 4 is 28.4 Å². The number of likely N-dealkylation sites (tertiary alicyclic amines) is 1. The molecule has 4 rings (SSSR count). The highest BCUT2D eigenvalue weighted by molar-refractivity contribution is 6.01. The summed E-state index contributed by atoms with van der Waals surface area (Å²) in [6.07, 6.45) is 3.91. The Hall–Kier alpha value is -3.16. The van der Waals surface area contributed by atoms with Crippen molar-refractivity contribution in [1.82, 2.24) is 24.8 Å². The zero-order valence-corrected chi connectivity index (χ0v) is 15.8. The molecule has 8 nitrogen and oxygen atoms in total. The number of nitrogens with one attached hydrogen (secondary N) is 2. The van der Waals surface area contributed by atoms with Crippen LogP contribution in [0, 0.1) is 5.92 Å². The minimum absolute atomic E-state index is 0.00128. The van der Waals surface area contributed by atoms with E-state index in [2.05, 4.69) is 15.4 Å². The van der Waals surface area contributed by atoms with Crippen LogP contribution in [0.25, 0.3) is 16.6 Å². The van der Waals surface area contributed by atoms with Gasteiger partial charge in [-0.2, -0.15) is 5.10 Å². The van der Waals surface area contributed by atoms with Crippen molar-refractivity contribution in [3.63, 3.8) is 0 Å². The quantitative estimate of drug-likeness (QED) is 0.716. The maximum atomic E-state index is 13.1. The first-order valence-corrected chi connectivity index (χ1v) is 9.66. The predicted octanol–water partition coefficient (Wildman–Crippen LogP) is 1.55. The number of para-hydroxylation sites is 1. The van der Waals surface area contributed by atoms with Gasteiger partial charge < -0.3 is 15.2 Å². The number of amides is 2. The lowest BCUT2D eigenvalue weighted by Gasteiger charge is -2.31. The Labute approximate surface area is 161 Å². The summed E-state index contributed by atoms with van der Waals surface area (Å²) in [7, 11) is 0. The number of carbonyl (C=O) groups excluding carboxylic acids is 2. The van der Waals surface area contributed by atoms with Gasteiger partial charge in [0.1, 0.15) is 11.2 Å². The SMILES string of the molecule is CCCNC(=O)C1CCCN(C(=O)c2cnn3c2[nH]c(=O)c2ccccc23)C1. The van der Waals surface area contributed by atoms with Crippen LogP contribution in [0.4, 0.5) is 0 Å². The number of rotatable bonds is 4. The minimum Gasteiger partial charge on any atom is -0.356 e. The number of H-pyrrole nitrogens is 1. The van der Waals surface area contributed by atoms with E-state index in [9.17, 15) is 14.4 Å². The van der Waals surface area contributed by atoms with Gasteiger partial charge in [-0.05, 0) is 31.4 Å². The predicted molar refractivity (Wildman–Crippen MR) is 105 cm³/mol. The molecule has 0 spiro atoms. The van der Waals surface area contributed by atoms with E-state index in [-0.39, 0.29) is 23.3 Å². The molecule has 3 aromatic rings. The number of carbonyl (C=O) groups is 2. The van der Waals surface area contributed by atoms with Crippen LogP contribution in [-0.2, 0) is 4.79 Å². The molecule has 0 saturated carbocycles. The van der Waals surface area contributed by atoms with Crippen molar-refractivity contribution in [2.45, 2.75) is 26.2 Å². The zero-order chi connectivity index (χ0) is 19.7. The molecule has 0 bridgehead atoms. The molecule has 28 heavy (non-hydrogen) atoms. The fourth-order valence-electron chi connectivity index (χ4n) is 3.77. The van der Waals surface area contributed by atoms with Crippen LogP contribution in [0.1, 0.15) is 36.5 Å². The van der Waals surface area contributed by atoms with Gasteiger partial charge in [-0.3, -0.25) is 14.4 Å². The molecule has 1 aromatic carbocycles. The third-order valence-electron chi connectivity index (χ3n) is 5.24. The molecule has 0 aliphatic carbocycles. The Morgan fingerprint density at radius 2 is 2.14 bits per heavy atom. The van der Waals surface area contributed by atoms with E-state index in [0.29, 0.717) is 41.7 Å². The van der Waals surface area contributed by atoms with E-state index in [1.807, 2.05) is 13.0 Å². The third kappa shape index (κ3) is 3.15. The first kappa shape index (κ1) is 18.2. The van der Waals surface area contributed by atoms with E-state index in [1.54, 1.807) is 27.6 Å². The van der Waals surface area contributed by atoms with Gasteiger partial charge in [-0.15, -0.1) is 0 Å². The molecule has 0 radical (unpaired) electrons. The second-order valence-electron chi connectivity index (χ2n) is 7.17. The zero-order valence-electron chi connectivity index (χ0n) is 15.8. The fourth-order valence-corrected chi connectivity index (χ4v) is 3.77. The summed E-state index contributed by atoms with van der Waals surface area (Å²) in [5, 5.41) is 7.75. The fraction of sp³-hybridized carbons (Fsp3) is 0.400. The Morgan fingerprint density at radius 3 is 2.96 bits per heavy atom. The summed E-state index contributed by atoms with van der Waals surface area (Å²) in [5.74, 6) is -0.418. The van der Waals surface area contributed by atoms with E-state index >= 15 is 0 Å². The molecule has 1 saturated heterocycles. The molecule has 8 heteroatoms. The molecule has 2 N–H and O–H groups in total. The van der Waals surface area contributed by atoms with Gasteiger partial charge >= 0.3 is 0 Å². The van der Waals surface area contributed by atoms with Gasteiger partial charge in [0.2, 0.25) is 5.91 Å². The van der Waals surface area contributed by atoms with Gasteiger partial charge in [0.25, 0.3) is 11.5 Å². The van der Waals surface area contributed by atoms with Crippen LogP contribution < -0.4 is 10.9 Å². The minimum atomic E-state index is -0.256. The second kappa shape index (κ2) is 7.46. The lowest BCUT2D eigenvalue weighted by molar-refractivity contribution is -0.126. The van der Waals surface area contributed by atoms with Gasteiger partial charge in [0.05, 0.1) is 23.0 Å². The van der Waals surface area contributed by atoms with E-state index in [4.69, 9.17) is 0 Å². The Balaban J connectivity index is 1.64. The maximum absolute atomic E-state index is 13.1. The number of hydrogen-bond acceptors (Lipinski definition) is 4. The average molecular weight is 381 g/mol. The largest absolute Gasteiger partial charge is 0.356 e. The summed E-state index contributed by atoms with van der Waals surface area (Å²) in [6.45, 7) is 3.62. The van der Waals surface area contributed by atoms with Crippen molar-refractivity contribution in [3.8, 4) is 0 Å². The van der Waals surface area contributed by atoms with E-state index in [1.165, 1.54) is 6.20 Å². The summed E-state index contributed by atoms with van der Waals surface area (Å²) in [6, 6.07) is 7.14. The lowest BCUT2D eigenvalue weighted by atomic mass is 9.96. The number of benzene rings is 1. The Morgan fingerprint density at radius 1 is 1.32 bits per heavy atom. The van der Waals surface area contributed by atoms with Gasteiger partial charge in [0, 0.05) is 19.6 Å². The second-order valence-corrected chi connectivity index (χ2v) is 7.17. The molecule has 146 valence electrons. The highest BCUT2D eigenvalue weighted by atomic mass is 16.2. The van der Waals surface area contributed by atoms with Crippen LogP contribution in [0.2, 0.25) is 0 Å². The normalized spacial score (nSPS) is 17.2. The first-order chi connectivity index (χ1) is 13.6. The topological polar surface area (TPSA) is 99.6 Å². The standard InChI is InChI=1S/C20H23N5O3/c1-2-9-21-18(26)13-6-5-10-24(12-13)20(28)15-11-22-25-16-8-4-3-7-14(16)19(27)23-17(15)25/h3-4,7-8,11,13H,2,5-6,9-10,12H2,1H3,(H,21,26)(H,23,27). The number of hydrogen-bond donors (Lipinski definition) is 2.